The second-order valence-electron chi connectivity index (χ2n) is 5.74. The van der Waals surface area contributed by atoms with Crippen LogP contribution in [0, 0.1) is 5.92 Å². The largest absolute Gasteiger partial charge is 0.381 e. The van der Waals surface area contributed by atoms with Crippen LogP contribution in [-0.2, 0) is 24.0 Å². The SMILES string of the molecule is CCc1cc(CC)c(C(Cl)C2CCOCC2)c(CC)c1. The topological polar surface area (TPSA) is 9.23 Å². The molecule has 1 unspecified atom stereocenters. The molecule has 1 nitrogen and oxygen atoms in total. The lowest BCUT2D eigenvalue weighted by atomic mass is 9.84. The van der Waals surface area contributed by atoms with Gasteiger partial charge in [0.15, 0.2) is 0 Å². The summed E-state index contributed by atoms with van der Waals surface area (Å²) in [4.78, 5) is 0. The van der Waals surface area contributed by atoms with Gasteiger partial charge in [-0.1, -0.05) is 32.9 Å². The molecule has 1 aliphatic rings. The molecule has 2 rings (SSSR count). The van der Waals surface area contributed by atoms with Gasteiger partial charge in [0.2, 0.25) is 0 Å². The van der Waals surface area contributed by atoms with Crippen LogP contribution >= 0.6 is 11.6 Å². The van der Waals surface area contributed by atoms with Crippen molar-refractivity contribution in [3.63, 3.8) is 0 Å². The van der Waals surface area contributed by atoms with E-state index in [9.17, 15) is 0 Å². The molecule has 0 aliphatic carbocycles. The molecule has 20 heavy (non-hydrogen) atoms. The normalized spacial score (nSPS) is 18.2. The number of benzene rings is 1. The Balaban J connectivity index is 2.36. The van der Waals surface area contributed by atoms with Crippen molar-refractivity contribution in [2.24, 2.45) is 5.92 Å². The van der Waals surface area contributed by atoms with Crippen molar-refractivity contribution < 1.29 is 4.74 Å². The number of aryl methyl sites for hydroxylation is 3. The second kappa shape index (κ2) is 7.47. The third kappa shape index (κ3) is 3.38. The van der Waals surface area contributed by atoms with Crippen LogP contribution in [0.1, 0.15) is 61.2 Å². The fourth-order valence-electron chi connectivity index (χ4n) is 3.24. The van der Waals surface area contributed by atoms with Gasteiger partial charge in [-0.3, -0.25) is 0 Å². The Hall–Kier alpha value is -0.530. The summed E-state index contributed by atoms with van der Waals surface area (Å²) >= 11 is 6.89. The van der Waals surface area contributed by atoms with Gasteiger partial charge in [-0.25, -0.2) is 0 Å². The molecular weight excluding hydrogens is 268 g/mol. The lowest BCUT2D eigenvalue weighted by Gasteiger charge is -2.29. The van der Waals surface area contributed by atoms with Crippen molar-refractivity contribution >= 4 is 11.6 Å². The Bertz CT molecular complexity index is 410. The summed E-state index contributed by atoms with van der Waals surface area (Å²) in [6.45, 7) is 8.44. The molecule has 2 heteroatoms. The molecule has 1 fully saturated rings. The number of halogens is 1. The van der Waals surface area contributed by atoms with Gasteiger partial charge in [0.05, 0.1) is 5.38 Å². The smallest absolute Gasteiger partial charge is 0.0620 e. The van der Waals surface area contributed by atoms with Crippen molar-refractivity contribution in [1.29, 1.82) is 0 Å². The first kappa shape index (κ1) is 15.9. The van der Waals surface area contributed by atoms with Gasteiger partial charge >= 0.3 is 0 Å². The lowest BCUT2D eigenvalue weighted by molar-refractivity contribution is 0.0649. The Labute approximate surface area is 128 Å². The first-order valence-corrected chi connectivity index (χ1v) is 8.51. The van der Waals surface area contributed by atoms with Crippen LogP contribution in [0.5, 0.6) is 0 Å². The number of hydrogen-bond donors (Lipinski definition) is 0. The standard InChI is InChI=1S/C18H27ClO/c1-4-13-11-14(5-2)17(15(6-3)12-13)18(19)16-7-9-20-10-8-16/h11-12,16,18H,4-10H2,1-3H3. The number of hydrogen-bond acceptors (Lipinski definition) is 1. The summed E-state index contributed by atoms with van der Waals surface area (Å²) in [5.41, 5.74) is 5.76. The Kier molecular flexibility index (Phi) is 5.92. The molecule has 0 radical (unpaired) electrons. The highest BCUT2D eigenvalue weighted by Crippen LogP contribution is 2.39. The zero-order chi connectivity index (χ0) is 14.5. The van der Waals surface area contributed by atoms with E-state index in [-0.39, 0.29) is 5.38 Å². The molecule has 1 saturated heterocycles. The molecule has 1 aromatic carbocycles. The second-order valence-corrected chi connectivity index (χ2v) is 6.21. The molecular formula is C18H27ClO. The van der Waals surface area contributed by atoms with Crippen LogP contribution in [-0.4, -0.2) is 13.2 Å². The lowest BCUT2D eigenvalue weighted by Crippen LogP contribution is -2.21. The van der Waals surface area contributed by atoms with Gasteiger partial charge in [0, 0.05) is 13.2 Å². The van der Waals surface area contributed by atoms with E-state index in [2.05, 4.69) is 32.9 Å². The van der Waals surface area contributed by atoms with Gasteiger partial charge in [0.1, 0.15) is 0 Å². The van der Waals surface area contributed by atoms with Gasteiger partial charge < -0.3 is 4.74 Å². The van der Waals surface area contributed by atoms with Crippen LogP contribution in [0.25, 0.3) is 0 Å². The predicted molar refractivity (Wildman–Crippen MR) is 86.7 cm³/mol. The molecule has 0 spiro atoms. The molecule has 1 aromatic rings. The number of alkyl halides is 1. The number of rotatable bonds is 5. The highest BCUT2D eigenvalue weighted by molar-refractivity contribution is 6.21. The molecule has 1 aliphatic heterocycles. The summed E-state index contributed by atoms with van der Waals surface area (Å²) < 4.78 is 5.48. The highest BCUT2D eigenvalue weighted by atomic mass is 35.5. The molecule has 112 valence electrons. The summed E-state index contributed by atoms with van der Waals surface area (Å²) in [6, 6.07) is 4.73. The molecule has 0 amide bonds. The van der Waals surface area contributed by atoms with E-state index in [1.807, 2.05) is 0 Å². The van der Waals surface area contributed by atoms with E-state index in [0.717, 1.165) is 45.3 Å². The van der Waals surface area contributed by atoms with E-state index >= 15 is 0 Å². The minimum atomic E-state index is 0.148. The molecule has 1 heterocycles. The van der Waals surface area contributed by atoms with Gasteiger partial charge in [-0.2, -0.15) is 0 Å². The van der Waals surface area contributed by atoms with Crippen molar-refractivity contribution in [2.75, 3.05) is 13.2 Å². The Morgan fingerprint density at radius 3 is 2.05 bits per heavy atom. The Morgan fingerprint density at radius 2 is 1.60 bits per heavy atom. The molecule has 0 bridgehead atoms. The maximum Gasteiger partial charge on any atom is 0.0620 e. The number of ether oxygens (including phenoxy) is 1. The van der Waals surface area contributed by atoms with E-state index < -0.39 is 0 Å². The van der Waals surface area contributed by atoms with Crippen LogP contribution in [0.15, 0.2) is 12.1 Å². The summed E-state index contributed by atoms with van der Waals surface area (Å²) in [7, 11) is 0. The summed E-state index contributed by atoms with van der Waals surface area (Å²) in [5, 5.41) is 0.148. The van der Waals surface area contributed by atoms with Crippen LogP contribution in [0.4, 0.5) is 0 Å². The van der Waals surface area contributed by atoms with Crippen molar-refractivity contribution in [2.45, 2.75) is 58.3 Å². The molecule has 1 atom stereocenters. The molecule has 0 N–H and O–H groups in total. The maximum atomic E-state index is 6.89. The zero-order valence-electron chi connectivity index (χ0n) is 13.0. The minimum absolute atomic E-state index is 0.148. The summed E-state index contributed by atoms with van der Waals surface area (Å²) in [5.74, 6) is 0.563. The third-order valence-corrected chi connectivity index (χ3v) is 5.11. The van der Waals surface area contributed by atoms with Gasteiger partial charge in [0.25, 0.3) is 0 Å². The molecule has 0 saturated carbocycles. The first-order chi connectivity index (χ1) is 9.71. The van der Waals surface area contributed by atoms with E-state index in [1.54, 1.807) is 0 Å². The van der Waals surface area contributed by atoms with Crippen LogP contribution in [0.3, 0.4) is 0 Å². The zero-order valence-corrected chi connectivity index (χ0v) is 13.8. The van der Waals surface area contributed by atoms with Crippen LogP contribution in [0.2, 0.25) is 0 Å². The monoisotopic (exact) mass is 294 g/mol. The third-order valence-electron chi connectivity index (χ3n) is 4.54. The fraction of sp³-hybridized carbons (Fsp3) is 0.667. The van der Waals surface area contributed by atoms with Crippen LogP contribution < -0.4 is 0 Å². The van der Waals surface area contributed by atoms with E-state index in [0.29, 0.717) is 5.92 Å². The van der Waals surface area contributed by atoms with Crippen molar-refractivity contribution in [3.8, 4) is 0 Å². The fourth-order valence-corrected chi connectivity index (χ4v) is 3.77. The van der Waals surface area contributed by atoms with Gasteiger partial charge in [-0.05, 0) is 60.3 Å². The molecule has 0 aromatic heterocycles. The van der Waals surface area contributed by atoms with Crippen molar-refractivity contribution in [1.82, 2.24) is 0 Å². The summed E-state index contributed by atoms with van der Waals surface area (Å²) in [6.07, 6.45) is 5.43. The highest BCUT2D eigenvalue weighted by Gasteiger charge is 2.27. The Morgan fingerprint density at radius 1 is 1.05 bits per heavy atom. The predicted octanol–water partition coefficient (Wildman–Crippen LogP) is 5.08. The van der Waals surface area contributed by atoms with E-state index in [4.69, 9.17) is 16.3 Å². The average molecular weight is 295 g/mol. The van der Waals surface area contributed by atoms with E-state index in [1.165, 1.54) is 22.3 Å². The average Bonchev–Trinajstić information content (AvgIpc) is 2.53. The maximum absolute atomic E-state index is 6.89. The van der Waals surface area contributed by atoms with Gasteiger partial charge in [-0.15, -0.1) is 11.6 Å². The quantitative estimate of drug-likeness (QED) is 0.688. The van der Waals surface area contributed by atoms with Crippen molar-refractivity contribution in [3.05, 3.63) is 34.4 Å². The minimum Gasteiger partial charge on any atom is -0.381 e. The first-order valence-electron chi connectivity index (χ1n) is 8.07.